The summed E-state index contributed by atoms with van der Waals surface area (Å²) in [4.78, 5) is 33.1. The first-order chi connectivity index (χ1) is 14.1. The minimum Gasteiger partial charge on any atom is -0.389 e. The van der Waals surface area contributed by atoms with E-state index >= 15 is 0 Å². The third-order valence-electron chi connectivity index (χ3n) is 5.00. The molecule has 1 aliphatic heterocycles. The molecule has 150 valence electrons. The molecule has 1 N–H and O–H groups in total. The first-order valence-electron chi connectivity index (χ1n) is 9.70. The van der Waals surface area contributed by atoms with E-state index in [0.717, 1.165) is 20.8 Å². The Morgan fingerprint density at radius 1 is 1.10 bits per heavy atom. The van der Waals surface area contributed by atoms with E-state index in [1.165, 1.54) is 4.90 Å². The second kappa shape index (κ2) is 8.71. The minimum absolute atomic E-state index is 0.00255. The third-order valence-corrected chi connectivity index (χ3v) is 6.10. The highest BCUT2D eigenvalue weighted by Crippen LogP contribution is 2.22. The van der Waals surface area contributed by atoms with Crippen LogP contribution in [0.3, 0.4) is 0 Å². The van der Waals surface area contributed by atoms with Crippen LogP contribution in [0.1, 0.15) is 17.0 Å². The number of thiazole rings is 1. The lowest BCUT2D eigenvalue weighted by molar-refractivity contribution is -0.139. The van der Waals surface area contributed by atoms with Crippen molar-refractivity contribution in [3.63, 3.8) is 0 Å². The van der Waals surface area contributed by atoms with Gasteiger partial charge in [-0.1, -0.05) is 42.5 Å². The highest BCUT2D eigenvalue weighted by molar-refractivity contribution is 7.18. The third kappa shape index (κ3) is 4.81. The first kappa shape index (κ1) is 19.5. The van der Waals surface area contributed by atoms with Gasteiger partial charge in [-0.2, -0.15) is 0 Å². The lowest BCUT2D eigenvalue weighted by atomic mass is 10.2. The standard InChI is InChI=1S/C22H23N3O3S/c26-17-13-24(12-16-6-2-1-3-7-16)22(28)15-25(14-17)21(27)11-10-20-23-18-8-4-5-9-19(18)29-20/h1-9,17,26H,10-15H2. The minimum atomic E-state index is -0.753. The fourth-order valence-corrected chi connectivity index (χ4v) is 4.51. The number of aromatic nitrogens is 1. The van der Waals surface area contributed by atoms with E-state index in [4.69, 9.17) is 0 Å². The molecule has 1 aliphatic rings. The number of para-hydroxylation sites is 1. The Morgan fingerprint density at radius 2 is 1.86 bits per heavy atom. The van der Waals surface area contributed by atoms with Gasteiger partial charge in [0.25, 0.3) is 0 Å². The van der Waals surface area contributed by atoms with Gasteiger partial charge in [0.05, 0.1) is 27.9 Å². The van der Waals surface area contributed by atoms with E-state index in [1.807, 2.05) is 54.6 Å². The molecule has 2 amide bonds. The summed E-state index contributed by atoms with van der Waals surface area (Å²) in [6.07, 6.45) is 0.0575. The van der Waals surface area contributed by atoms with Crippen molar-refractivity contribution < 1.29 is 14.7 Å². The molecule has 1 atom stereocenters. The Morgan fingerprint density at radius 3 is 2.66 bits per heavy atom. The molecule has 0 saturated carbocycles. The van der Waals surface area contributed by atoms with Crippen LogP contribution in [-0.4, -0.2) is 57.4 Å². The van der Waals surface area contributed by atoms with Crippen LogP contribution in [0.4, 0.5) is 0 Å². The largest absolute Gasteiger partial charge is 0.389 e. The van der Waals surface area contributed by atoms with Gasteiger partial charge < -0.3 is 14.9 Å². The van der Waals surface area contributed by atoms with E-state index in [0.29, 0.717) is 13.0 Å². The van der Waals surface area contributed by atoms with E-state index in [2.05, 4.69) is 4.98 Å². The highest BCUT2D eigenvalue weighted by Gasteiger charge is 2.29. The molecule has 0 spiro atoms. The maximum absolute atomic E-state index is 12.7. The van der Waals surface area contributed by atoms with Crippen LogP contribution in [0.25, 0.3) is 10.2 Å². The van der Waals surface area contributed by atoms with Gasteiger partial charge in [-0.15, -0.1) is 11.3 Å². The molecular formula is C22H23N3O3S. The quantitative estimate of drug-likeness (QED) is 0.703. The molecule has 7 heteroatoms. The highest BCUT2D eigenvalue weighted by atomic mass is 32.1. The molecule has 3 aromatic rings. The van der Waals surface area contributed by atoms with Gasteiger partial charge in [0.1, 0.15) is 0 Å². The molecule has 1 saturated heterocycles. The van der Waals surface area contributed by atoms with Crippen molar-refractivity contribution in [2.24, 2.45) is 0 Å². The zero-order valence-electron chi connectivity index (χ0n) is 16.0. The van der Waals surface area contributed by atoms with Gasteiger partial charge in [0, 0.05) is 32.5 Å². The number of β-amino-alcohol motifs (C(OH)–C–C–N with tert-alkyl or cyclic N) is 1. The van der Waals surface area contributed by atoms with Crippen molar-refractivity contribution in [1.29, 1.82) is 0 Å². The fraction of sp³-hybridized carbons (Fsp3) is 0.318. The number of hydrogen-bond acceptors (Lipinski definition) is 5. The van der Waals surface area contributed by atoms with Crippen molar-refractivity contribution in [3.8, 4) is 0 Å². The average Bonchev–Trinajstić information content (AvgIpc) is 3.08. The first-order valence-corrected chi connectivity index (χ1v) is 10.5. The molecule has 2 aromatic carbocycles. The van der Waals surface area contributed by atoms with Crippen LogP contribution in [0.5, 0.6) is 0 Å². The molecule has 0 radical (unpaired) electrons. The summed E-state index contributed by atoms with van der Waals surface area (Å²) < 4.78 is 1.10. The van der Waals surface area contributed by atoms with E-state index in [-0.39, 0.29) is 37.9 Å². The van der Waals surface area contributed by atoms with Gasteiger partial charge in [-0.3, -0.25) is 9.59 Å². The lowest BCUT2D eigenvalue weighted by Gasteiger charge is -2.22. The van der Waals surface area contributed by atoms with Crippen LogP contribution < -0.4 is 0 Å². The van der Waals surface area contributed by atoms with Crippen molar-refractivity contribution in [2.45, 2.75) is 25.5 Å². The monoisotopic (exact) mass is 409 g/mol. The number of aliphatic hydroxyl groups is 1. The Kier molecular flexibility index (Phi) is 5.87. The number of hydrogen-bond donors (Lipinski definition) is 1. The maximum atomic E-state index is 12.7. The van der Waals surface area contributed by atoms with E-state index in [9.17, 15) is 14.7 Å². The Bertz CT molecular complexity index is 972. The number of amides is 2. The SMILES string of the molecule is O=C(CCc1nc2ccccc2s1)N1CC(=O)N(Cc2ccccc2)CC(O)C1. The van der Waals surface area contributed by atoms with Crippen LogP contribution in [-0.2, 0) is 22.6 Å². The van der Waals surface area contributed by atoms with Crippen LogP contribution >= 0.6 is 11.3 Å². The molecule has 1 unspecified atom stereocenters. The topological polar surface area (TPSA) is 73.7 Å². The van der Waals surface area contributed by atoms with Crippen molar-refractivity contribution >= 4 is 33.4 Å². The molecule has 0 aliphatic carbocycles. The Hall–Kier alpha value is -2.77. The number of carbonyl (C=O) groups excluding carboxylic acids is 2. The number of aryl methyl sites for hydroxylation is 1. The molecule has 6 nitrogen and oxygen atoms in total. The molecule has 0 bridgehead atoms. The van der Waals surface area contributed by atoms with Gasteiger partial charge in [-0.25, -0.2) is 4.98 Å². The van der Waals surface area contributed by atoms with Crippen LogP contribution in [0, 0.1) is 0 Å². The van der Waals surface area contributed by atoms with Gasteiger partial charge in [-0.05, 0) is 17.7 Å². The summed E-state index contributed by atoms with van der Waals surface area (Å²) in [5, 5.41) is 11.3. The summed E-state index contributed by atoms with van der Waals surface area (Å²) in [7, 11) is 0. The predicted molar refractivity (Wildman–Crippen MR) is 112 cm³/mol. The molecule has 1 fully saturated rings. The fourth-order valence-electron chi connectivity index (χ4n) is 3.54. The van der Waals surface area contributed by atoms with E-state index in [1.54, 1.807) is 16.2 Å². The van der Waals surface area contributed by atoms with Gasteiger partial charge >= 0.3 is 0 Å². The summed E-state index contributed by atoms with van der Waals surface area (Å²) >= 11 is 1.59. The molecule has 4 rings (SSSR count). The van der Waals surface area contributed by atoms with Crippen LogP contribution in [0.2, 0.25) is 0 Å². The maximum Gasteiger partial charge on any atom is 0.242 e. The van der Waals surface area contributed by atoms with Crippen molar-refractivity contribution in [1.82, 2.24) is 14.8 Å². The van der Waals surface area contributed by atoms with Gasteiger partial charge in [0.15, 0.2) is 0 Å². The summed E-state index contributed by atoms with van der Waals surface area (Å²) in [6.45, 7) is 0.845. The molecule has 1 aromatic heterocycles. The lowest BCUT2D eigenvalue weighted by Crippen LogP contribution is -2.39. The van der Waals surface area contributed by atoms with E-state index < -0.39 is 6.10 Å². The van der Waals surface area contributed by atoms with Gasteiger partial charge in [0.2, 0.25) is 11.8 Å². The Labute approximate surface area is 173 Å². The Balaban J connectivity index is 1.37. The number of fused-ring (bicyclic) bond motifs is 1. The summed E-state index contributed by atoms with van der Waals surface area (Å²) in [5.74, 6) is -0.267. The van der Waals surface area contributed by atoms with Crippen molar-refractivity contribution in [3.05, 3.63) is 65.2 Å². The summed E-state index contributed by atoms with van der Waals surface area (Å²) in [5.41, 5.74) is 1.94. The van der Waals surface area contributed by atoms with Crippen LogP contribution in [0.15, 0.2) is 54.6 Å². The number of nitrogens with zero attached hydrogens (tertiary/aromatic N) is 3. The predicted octanol–water partition coefficient (Wildman–Crippen LogP) is 2.46. The smallest absolute Gasteiger partial charge is 0.242 e. The number of benzene rings is 2. The molecule has 2 heterocycles. The average molecular weight is 410 g/mol. The second-order valence-corrected chi connectivity index (χ2v) is 8.38. The summed E-state index contributed by atoms with van der Waals surface area (Å²) in [6, 6.07) is 17.6. The normalized spacial score (nSPS) is 17.6. The zero-order chi connectivity index (χ0) is 20.2. The number of carbonyl (C=O) groups is 2. The number of aliphatic hydroxyl groups excluding tert-OH is 1. The molecular weight excluding hydrogens is 386 g/mol. The molecule has 29 heavy (non-hydrogen) atoms. The number of rotatable bonds is 5. The zero-order valence-corrected chi connectivity index (χ0v) is 16.8. The van der Waals surface area contributed by atoms with Crippen molar-refractivity contribution in [2.75, 3.05) is 19.6 Å². The second-order valence-electron chi connectivity index (χ2n) is 7.26.